The third kappa shape index (κ3) is 3.04. The summed E-state index contributed by atoms with van der Waals surface area (Å²) in [5.41, 5.74) is 10.0. The molecule has 1 nitrogen and oxygen atoms in total. The fourth-order valence-electron chi connectivity index (χ4n) is 7.39. The number of ether oxygens (including phenoxy) is 1. The standard InChI is InChI=1S/C39H21FOS2/c1-41-23-11-7-9-21(17-23)31-19-29-33-25-13-3-2-12-24(25)32-28-18-30(20-8-6-10-22(40)16-20)42-38(28)34-26-14-4-5-15-27(26)35(39(29)43-31)37(33)36(32)34/h2-19H,1H3. The lowest BCUT2D eigenvalue weighted by atomic mass is 9.88. The van der Waals surface area contributed by atoms with Gasteiger partial charge in [-0.3, -0.25) is 0 Å². The van der Waals surface area contributed by atoms with Crippen LogP contribution in [-0.2, 0) is 0 Å². The van der Waals surface area contributed by atoms with Crippen molar-refractivity contribution in [2.45, 2.75) is 0 Å². The molecule has 0 amide bonds. The lowest BCUT2D eigenvalue weighted by Crippen LogP contribution is -1.87. The van der Waals surface area contributed by atoms with Crippen molar-refractivity contribution in [2.75, 3.05) is 7.11 Å². The van der Waals surface area contributed by atoms with Crippen LogP contribution in [0.2, 0.25) is 0 Å². The molecule has 0 aliphatic heterocycles. The van der Waals surface area contributed by atoms with Crippen molar-refractivity contribution in [2.24, 2.45) is 0 Å². The largest absolute Gasteiger partial charge is 0.497 e. The molecule has 43 heavy (non-hydrogen) atoms. The minimum absolute atomic E-state index is 0.205. The molecule has 0 fully saturated rings. The zero-order chi connectivity index (χ0) is 28.4. The third-order valence-electron chi connectivity index (χ3n) is 9.10. The Hall–Kier alpha value is -4.77. The van der Waals surface area contributed by atoms with Crippen molar-refractivity contribution in [3.05, 3.63) is 115 Å². The molecule has 0 saturated heterocycles. The molecule has 10 rings (SSSR count). The molecule has 0 unspecified atom stereocenters. The summed E-state index contributed by atoms with van der Waals surface area (Å²) in [6.07, 6.45) is 0. The number of fused-ring (bicyclic) bond motifs is 12. The first kappa shape index (κ1) is 23.8. The molecule has 0 bridgehead atoms. The van der Waals surface area contributed by atoms with Crippen molar-refractivity contribution in [3.8, 4) is 69.8 Å². The molecule has 2 aromatic heterocycles. The second-order valence-electron chi connectivity index (χ2n) is 11.3. The van der Waals surface area contributed by atoms with Gasteiger partial charge in [-0.15, -0.1) is 22.7 Å². The molecule has 8 aromatic rings. The molecule has 0 saturated carbocycles. The molecule has 202 valence electrons. The molecular formula is C39H21FOS2. The molecule has 2 heterocycles. The van der Waals surface area contributed by atoms with Gasteiger partial charge < -0.3 is 4.74 Å². The van der Waals surface area contributed by atoms with Crippen molar-refractivity contribution in [3.63, 3.8) is 0 Å². The number of rotatable bonds is 3. The van der Waals surface area contributed by atoms with E-state index in [1.54, 1.807) is 30.6 Å². The number of halogens is 1. The molecule has 2 aliphatic rings. The van der Waals surface area contributed by atoms with E-state index in [1.165, 1.54) is 92.0 Å². The van der Waals surface area contributed by atoms with Gasteiger partial charge in [-0.1, -0.05) is 72.8 Å². The van der Waals surface area contributed by atoms with Crippen LogP contribution in [0.1, 0.15) is 0 Å². The van der Waals surface area contributed by atoms with Crippen LogP contribution >= 0.6 is 22.7 Å². The van der Waals surface area contributed by atoms with Crippen molar-refractivity contribution in [1.29, 1.82) is 0 Å². The predicted molar refractivity (Wildman–Crippen MR) is 181 cm³/mol. The van der Waals surface area contributed by atoms with Crippen LogP contribution < -0.4 is 4.74 Å². The Bertz CT molecular complexity index is 2390. The lowest BCUT2D eigenvalue weighted by molar-refractivity contribution is 0.415. The molecule has 0 radical (unpaired) electrons. The Balaban J connectivity index is 1.34. The first-order valence-electron chi connectivity index (χ1n) is 14.3. The number of hydrogen-bond donors (Lipinski definition) is 0. The summed E-state index contributed by atoms with van der Waals surface area (Å²) < 4.78 is 19.8. The van der Waals surface area contributed by atoms with E-state index in [4.69, 9.17) is 4.74 Å². The van der Waals surface area contributed by atoms with Crippen molar-refractivity contribution < 1.29 is 9.13 Å². The average molecular weight is 589 g/mol. The van der Waals surface area contributed by atoms with Gasteiger partial charge in [-0.25, -0.2) is 4.39 Å². The Morgan fingerprint density at radius 3 is 1.51 bits per heavy atom. The Morgan fingerprint density at radius 1 is 0.512 bits per heavy atom. The molecule has 0 N–H and O–H groups in total. The quantitative estimate of drug-likeness (QED) is 0.187. The zero-order valence-corrected chi connectivity index (χ0v) is 24.6. The normalized spacial score (nSPS) is 12.4. The van der Waals surface area contributed by atoms with Gasteiger partial charge in [-0.2, -0.15) is 0 Å². The van der Waals surface area contributed by atoms with Gasteiger partial charge in [0.15, 0.2) is 0 Å². The molecule has 2 aliphatic carbocycles. The highest BCUT2D eigenvalue weighted by Gasteiger charge is 2.37. The highest BCUT2D eigenvalue weighted by atomic mass is 32.1. The first-order chi connectivity index (χ1) is 21.2. The van der Waals surface area contributed by atoms with Crippen LogP contribution in [0.4, 0.5) is 4.39 Å². The number of methoxy groups -OCH3 is 1. The maximum atomic E-state index is 14.3. The van der Waals surface area contributed by atoms with Crippen LogP contribution in [0.25, 0.3) is 96.3 Å². The molecular weight excluding hydrogens is 568 g/mol. The van der Waals surface area contributed by atoms with Crippen LogP contribution in [0.3, 0.4) is 0 Å². The maximum Gasteiger partial charge on any atom is 0.123 e. The summed E-state index contributed by atoms with van der Waals surface area (Å²) in [4.78, 5) is 4.97. The summed E-state index contributed by atoms with van der Waals surface area (Å²) in [5, 5.41) is 7.86. The van der Waals surface area contributed by atoms with Gasteiger partial charge >= 0.3 is 0 Å². The van der Waals surface area contributed by atoms with Crippen LogP contribution in [0.5, 0.6) is 5.75 Å². The van der Waals surface area contributed by atoms with E-state index in [0.29, 0.717) is 0 Å². The van der Waals surface area contributed by atoms with Crippen molar-refractivity contribution >= 4 is 55.0 Å². The van der Waals surface area contributed by atoms with Gasteiger partial charge in [0.05, 0.1) is 7.11 Å². The van der Waals surface area contributed by atoms with Gasteiger partial charge in [0.1, 0.15) is 11.6 Å². The fraction of sp³-hybridized carbons (Fsp3) is 0.0256. The topological polar surface area (TPSA) is 9.23 Å². The van der Waals surface area contributed by atoms with E-state index in [9.17, 15) is 4.39 Å². The summed E-state index contributed by atoms with van der Waals surface area (Å²) >= 11 is 3.66. The van der Waals surface area contributed by atoms with Crippen LogP contribution in [0.15, 0.2) is 109 Å². The van der Waals surface area contributed by atoms with E-state index in [1.807, 2.05) is 23.5 Å². The first-order valence-corrected chi connectivity index (χ1v) is 16.0. The summed E-state index contributed by atoms with van der Waals surface area (Å²) in [5.74, 6) is 0.664. The van der Waals surface area contributed by atoms with E-state index >= 15 is 0 Å². The lowest BCUT2D eigenvalue weighted by Gasteiger charge is -2.15. The van der Waals surface area contributed by atoms with Gasteiger partial charge in [0.2, 0.25) is 0 Å². The Labute approximate surface area is 255 Å². The Kier molecular flexibility index (Phi) is 4.65. The third-order valence-corrected chi connectivity index (χ3v) is 11.5. The summed E-state index contributed by atoms with van der Waals surface area (Å²) in [6.45, 7) is 0. The van der Waals surface area contributed by atoms with E-state index in [0.717, 1.165) is 16.2 Å². The van der Waals surface area contributed by atoms with Gasteiger partial charge in [0, 0.05) is 52.5 Å². The monoisotopic (exact) mass is 588 g/mol. The van der Waals surface area contributed by atoms with E-state index in [2.05, 4.69) is 78.9 Å². The average Bonchev–Trinajstić information content (AvgIpc) is 3.80. The predicted octanol–water partition coefficient (Wildman–Crippen LogP) is 12.0. The Morgan fingerprint density at radius 2 is 1.00 bits per heavy atom. The SMILES string of the molecule is COc1cccc(-c2cc3c(s2)-c2c4ccccc4c4c5c(c6ccccc6c-3c25)-c2cc(-c3cccc(F)c3)sc2-4)c1. The maximum absolute atomic E-state index is 14.3. The molecule has 6 aromatic carbocycles. The fourth-order valence-corrected chi connectivity index (χ4v) is 9.84. The molecule has 4 heteroatoms. The molecule has 0 spiro atoms. The van der Waals surface area contributed by atoms with E-state index < -0.39 is 0 Å². The molecule has 0 atom stereocenters. The van der Waals surface area contributed by atoms with Gasteiger partial charge in [0.25, 0.3) is 0 Å². The van der Waals surface area contributed by atoms with Gasteiger partial charge in [-0.05, 0) is 80.2 Å². The second kappa shape index (κ2) is 8.41. The highest BCUT2D eigenvalue weighted by Crippen LogP contribution is 2.65. The van der Waals surface area contributed by atoms with Crippen molar-refractivity contribution in [1.82, 2.24) is 0 Å². The van der Waals surface area contributed by atoms with Crippen LogP contribution in [0, 0.1) is 5.82 Å². The second-order valence-corrected chi connectivity index (χ2v) is 13.4. The summed E-state index contributed by atoms with van der Waals surface area (Å²) in [6, 6.07) is 37.8. The van der Waals surface area contributed by atoms with Crippen LogP contribution in [-0.4, -0.2) is 7.11 Å². The zero-order valence-electron chi connectivity index (χ0n) is 23.0. The van der Waals surface area contributed by atoms with E-state index in [-0.39, 0.29) is 5.82 Å². The number of hydrogen-bond acceptors (Lipinski definition) is 3. The number of benzene rings is 6. The minimum atomic E-state index is -0.205. The number of thiophene rings is 2. The minimum Gasteiger partial charge on any atom is -0.497 e. The smallest absolute Gasteiger partial charge is 0.123 e. The summed E-state index contributed by atoms with van der Waals surface area (Å²) in [7, 11) is 1.72. The highest BCUT2D eigenvalue weighted by molar-refractivity contribution is 7.20.